The molecule has 1 unspecified atom stereocenters. The van der Waals surface area contributed by atoms with E-state index in [1.807, 2.05) is 35.7 Å². The van der Waals surface area contributed by atoms with Crippen molar-refractivity contribution in [2.45, 2.75) is 23.2 Å². The fraction of sp³-hybridized carbons (Fsp3) is 0.333. The molecular formula is C18H19N5OS3. The topological polar surface area (TPSA) is 71.0 Å². The zero-order valence-corrected chi connectivity index (χ0v) is 17.0. The normalized spacial score (nSPS) is 15.0. The molecule has 27 heavy (non-hydrogen) atoms. The second-order valence-electron chi connectivity index (χ2n) is 6.11. The van der Waals surface area contributed by atoms with Gasteiger partial charge in [-0.25, -0.2) is 4.98 Å². The summed E-state index contributed by atoms with van der Waals surface area (Å²) in [6, 6.07) is 9.69. The monoisotopic (exact) mass is 417 g/mol. The number of benzene rings is 1. The van der Waals surface area contributed by atoms with Gasteiger partial charge in [0.15, 0.2) is 4.34 Å². The van der Waals surface area contributed by atoms with Crippen LogP contribution in [0.15, 0.2) is 46.2 Å². The Morgan fingerprint density at radius 3 is 2.78 bits per heavy atom. The summed E-state index contributed by atoms with van der Waals surface area (Å²) in [6.45, 7) is 2.10. The fourth-order valence-corrected chi connectivity index (χ4v) is 5.35. The number of nitrogens with one attached hydrogen (secondary N) is 1. The Bertz CT molecular complexity index is 862. The molecule has 9 heteroatoms. The van der Waals surface area contributed by atoms with Gasteiger partial charge in [-0.3, -0.25) is 4.79 Å². The smallest absolute Gasteiger partial charge is 0.231 e. The number of hydrogen-bond acceptors (Lipinski definition) is 8. The van der Waals surface area contributed by atoms with E-state index < -0.39 is 0 Å². The van der Waals surface area contributed by atoms with Crippen LogP contribution in [0.1, 0.15) is 29.5 Å². The molecule has 1 aromatic carbocycles. The maximum atomic E-state index is 12.5. The van der Waals surface area contributed by atoms with E-state index >= 15 is 0 Å². The maximum Gasteiger partial charge on any atom is 0.231 e. The molecule has 6 nitrogen and oxygen atoms in total. The summed E-state index contributed by atoms with van der Waals surface area (Å²) in [4.78, 5) is 19.2. The van der Waals surface area contributed by atoms with Gasteiger partial charge in [0.25, 0.3) is 0 Å². The average Bonchev–Trinajstić information content (AvgIpc) is 3.47. The Balaban J connectivity index is 1.37. The Morgan fingerprint density at radius 1 is 1.22 bits per heavy atom. The molecule has 3 aromatic rings. The highest BCUT2D eigenvalue weighted by atomic mass is 32.2. The summed E-state index contributed by atoms with van der Waals surface area (Å²) >= 11 is 4.53. The van der Waals surface area contributed by atoms with E-state index in [-0.39, 0.29) is 11.9 Å². The third-order valence-corrected chi connectivity index (χ3v) is 7.19. The van der Waals surface area contributed by atoms with Gasteiger partial charge in [-0.1, -0.05) is 53.4 Å². The summed E-state index contributed by atoms with van der Waals surface area (Å²) in [5, 5.41) is 15.3. The number of thioether (sulfide) groups is 1. The van der Waals surface area contributed by atoms with E-state index in [9.17, 15) is 4.79 Å². The van der Waals surface area contributed by atoms with Crippen LogP contribution in [0.5, 0.6) is 0 Å². The highest BCUT2D eigenvalue weighted by Crippen LogP contribution is 2.30. The minimum absolute atomic E-state index is 0.0398. The second kappa shape index (κ2) is 8.81. The summed E-state index contributed by atoms with van der Waals surface area (Å²) in [5.41, 5.74) is 1.03. The molecule has 4 rings (SSSR count). The van der Waals surface area contributed by atoms with Gasteiger partial charge >= 0.3 is 0 Å². The molecule has 0 bridgehead atoms. The van der Waals surface area contributed by atoms with Crippen LogP contribution in [0.4, 0.5) is 5.13 Å². The van der Waals surface area contributed by atoms with Crippen molar-refractivity contribution >= 4 is 45.5 Å². The molecule has 1 N–H and O–H groups in total. The van der Waals surface area contributed by atoms with Crippen LogP contribution in [-0.2, 0) is 4.79 Å². The van der Waals surface area contributed by atoms with Crippen molar-refractivity contribution in [3.05, 3.63) is 52.5 Å². The lowest BCUT2D eigenvalue weighted by atomic mass is 10.1. The standard InChI is InChI=1S/C18H19N5OS3/c24-14(12-26-18-22-21-17(27-18)23-9-4-5-10-23)20-15(16-19-8-11-25-16)13-6-2-1-3-7-13/h1-3,6-8,11,15H,4-5,9-10,12H2,(H,20,24). The third kappa shape index (κ3) is 4.66. The van der Waals surface area contributed by atoms with Gasteiger partial charge in [-0.15, -0.1) is 21.5 Å². The van der Waals surface area contributed by atoms with Gasteiger partial charge < -0.3 is 10.2 Å². The third-order valence-electron chi connectivity index (χ3n) is 4.24. The van der Waals surface area contributed by atoms with E-state index in [4.69, 9.17) is 0 Å². The van der Waals surface area contributed by atoms with Crippen molar-refractivity contribution in [2.24, 2.45) is 0 Å². The van der Waals surface area contributed by atoms with E-state index in [0.717, 1.165) is 33.1 Å². The zero-order valence-electron chi connectivity index (χ0n) is 14.6. The number of hydrogen-bond donors (Lipinski definition) is 1. The summed E-state index contributed by atoms with van der Waals surface area (Å²) in [6.07, 6.45) is 4.18. The molecule has 0 radical (unpaired) electrons. The van der Waals surface area contributed by atoms with Gasteiger partial charge in [0.05, 0.1) is 5.75 Å². The summed E-state index contributed by atoms with van der Waals surface area (Å²) < 4.78 is 0.831. The number of rotatable bonds is 7. The van der Waals surface area contributed by atoms with Crippen LogP contribution in [0, 0.1) is 0 Å². The highest BCUT2D eigenvalue weighted by Gasteiger charge is 2.20. The molecule has 1 aliphatic heterocycles. The van der Waals surface area contributed by atoms with Crippen LogP contribution in [0.2, 0.25) is 0 Å². The number of amides is 1. The number of thiazole rings is 1. The zero-order chi connectivity index (χ0) is 18.5. The van der Waals surface area contributed by atoms with Crippen LogP contribution in [0.3, 0.4) is 0 Å². The first-order chi connectivity index (χ1) is 13.3. The Morgan fingerprint density at radius 2 is 2.04 bits per heavy atom. The van der Waals surface area contributed by atoms with Gasteiger partial charge in [-0.05, 0) is 18.4 Å². The molecular weight excluding hydrogens is 398 g/mol. The van der Waals surface area contributed by atoms with Gasteiger partial charge in [0.2, 0.25) is 11.0 Å². The molecule has 3 heterocycles. The van der Waals surface area contributed by atoms with Crippen molar-refractivity contribution in [3.8, 4) is 0 Å². The first kappa shape index (κ1) is 18.4. The first-order valence-corrected chi connectivity index (χ1v) is 11.4. The predicted molar refractivity (Wildman–Crippen MR) is 111 cm³/mol. The second-order valence-corrected chi connectivity index (χ2v) is 9.22. The van der Waals surface area contributed by atoms with Crippen LogP contribution in [0.25, 0.3) is 0 Å². The number of nitrogens with zero attached hydrogens (tertiary/aromatic N) is 4. The predicted octanol–water partition coefficient (Wildman–Crippen LogP) is 3.59. The van der Waals surface area contributed by atoms with E-state index in [0.29, 0.717) is 5.75 Å². The lowest BCUT2D eigenvalue weighted by Crippen LogP contribution is -2.30. The number of carbonyl (C=O) groups excluding carboxylic acids is 1. The largest absolute Gasteiger partial charge is 0.347 e. The highest BCUT2D eigenvalue weighted by molar-refractivity contribution is 8.01. The number of aromatic nitrogens is 3. The minimum atomic E-state index is -0.228. The maximum absolute atomic E-state index is 12.5. The fourth-order valence-electron chi connectivity index (χ4n) is 2.94. The van der Waals surface area contributed by atoms with E-state index in [1.54, 1.807) is 28.9 Å². The molecule has 140 valence electrons. The molecule has 0 saturated carbocycles. The average molecular weight is 418 g/mol. The van der Waals surface area contributed by atoms with Crippen molar-refractivity contribution in [1.82, 2.24) is 20.5 Å². The van der Waals surface area contributed by atoms with Crippen molar-refractivity contribution in [3.63, 3.8) is 0 Å². The Hall–Kier alpha value is -1.97. The molecule has 1 aliphatic rings. The lowest BCUT2D eigenvalue weighted by molar-refractivity contribution is -0.119. The first-order valence-electron chi connectivity index (χ1n) is 8.74. The van der Waals surface area contributed by atoms with Gasteiger partial charge in [-0.2, -0.15) is 0 Å². The molecule has 1 fully saturated rings. The summed E-state index contributed by atoms with van der Waals surface area (Å²) in [5.74, 6) is 0.269. The number of anilines is 1. The molecule has 0 spiro atoms. The van der Waals surface area contributed by atoms with Gasteiger partial charge in [0, 0.05) is 24.7 Å². The Labute approximate surface area is 170 Å². The Kier molecular flexibility index (Phi) is 6.00. The van der Waals surface area contributed by atoms with E-state index in [2.05, 4.69) is 25.4 Å². The van der Waals surface area contributed by atoms with Crippen molar-refractivity contribution in [2.75, 3.05) is 23.7 Å². The molecule has 1 atom stereocenters. The molecule has 1 saturated heterocycles. The van der Waals surface area contributed by atoms with Crippen molar-refractivity contribution in [1.29, 1.82) is 0 Å². The van der Waals surface area contributed by atoms with Crippen LogP contribution < -0.4 is 10.2 Å². The van der Waals surface area contributed by atoms with Crippen LogP contribution >= 0.6 is 34.4 Å². The van der Waals surface area contributed by atoms with Gasteiger partial charge in [0.1, 0.15) is 11.0 Å². The van der Waals surface area contributed by atoms with Crippen LogP contribution in [-0.4, -0.2) is 39.9 Å². The van der Waals surface area contributed by atoms with Crippen molar-refractivity contribution < 1.29 is 4.79 Å². The SMILES string of the molecule is O=C(CSc1nnc(N2CCCC2)s1)NC(c1ccccc1)c1nccs1. The number of carbonyl (C=O) groups is 1. The molecule has 1 amide bonds. The lowest BCUT2D eigenvalue weighted by Gasteiger charge is -2.16. The quantitative estimate of drug-likeness (QED) is 0.593. The molecule has 0 aliphatic carbocycles. The minimum Gasteiger partial charge on any atom is -0.347 e. The van der Waals surface area contributed by atoms with E-state index in [1.165, 1.54) is 24.6 Å². The molecule has 2 aromatic heterocycles. The summed E-state index contributed by atoms with van der Waals surface area (Å²) in [7, 11) is 0.